The van der Waals surface area contributed by atoms with Gasteiger partial charge in [0.25, 0.3) is 5.91 Å². The van der Waals surface area contributed by atoms with Crippen LogP contribution in [-0.4, -0.2) is 29.4 Å². The number of piperidine rings is 1. The molecule has 102 valence electrons. The highest BCUT2D eigenvalue weighted by Crippen LogP contribution is 2.36. The van der Waals surface area contributed by atoms with E-state index in [4.69, 9.17) is 5.73 Å². The molecule has 2 fully saturated rings. The fourth-order valence-electron chi connectivity index (χ4n) is 2.87. The summed E-state index contributed by atoms with van der Waals surface area (Å²) in [5.74, 6) is 0.194. The minimum Gasteiger partial charge on any atom is -0.339 e. The number of amides is 1. The third-order valence-electron chi connectivity index (χ3n) is 4.33. The Hall–Kier alpha value is -1.35. The van der Waals surface area contributed by atoms with Gasteiger partial charge in [0.1, 0.15) is 0 Å². The van der Waals surface area contributed by atoms with Gasteiger partial charge < -0.3 is 10.6 Å². The van der Waals surface area contributed by atoms with Crippen LogP contribution in [0.1, 0.15) is 48.0 Å². The lowest BCUT2D eigenvalue weighted by atomic mass is 9.98. The zero-order chi connectivity index (χ0) is 13.3. The molecule has 1 heterocycles. The van der Waals surface area contributed by atoms with Crippen LogP contribution in [0.5, 0.6) is 0 Å². The van der Waals surface area contributed by atoms with E-state index >= 15 is 0 Å². The van der Waals surface area contributed by atoms with Crippen LogP contribution in [-0.2, 0) is 6.42 Å². The van der Waals surface area contributed by atoms with E-state index in [0.29, 0.717) is 0 Å². The number of nitrogens with zero attached hydrogens (tertiary/aromatic N) is 1. The second-order valence-electron chi connectivity index (χ2n) is 6.05. The van der Waals surface area contributed by atoms with Crippen LogP contribution in [0.3, 0.4) is 0 Å². The Morgan fingerprint density at radius 3 is 2.53 bits per heavy atom. The van der Waals surface area contributed by atoms with Crippen molar-refractivity contribution in [2.45, 2.75) is 44.1 Å². The number of carbonyl (C=O) groups is 1. The third kappa shape index (κ3) is 2.81. The minimum atomic E-state index is -0.0434. The Labute approximate surface area is 114 Å². The summed E-state index contributed by atoms with van der Waals surface area (Å²) < 4.78 is 0. The van der Waals surface area contributed by atoms with Gasteiger partial charge in [-0.1, -0.05) is 18.2 Å². The van der Waals surface area contributed by atoms with Crippen molar-refractivity contribution in [1.29, 1.82) is 0 Å². The Morgan fingerprint density at radius 2 is 1.84 bits per heavy atom. The van der Waals surface area contributed by atoms with Crippen molar-refractivity contribution in [3.63, 3.8) is 0 Å². The molecule has 1 aliphatic heterocycles. The first-order valence-electron chi connectivity index (χ1n) is 7.34. The molecule has 0 atom stereocenters. The van der Waals surface area contributed by atoms with Gasteiger partial charge in [0.05, 0.1) is 0 Å². The molecule has 1 amide bonds. The number of benzene rings is 1. The van der Waals surface area contributed by atoms with Gasteiger partial charge in [-0.25, -0.2) is 0 Å². The van der Waals surface area contributed by atoms with Gasteiger partial charge in [-0.15, -0.1) is 0 Å². The molecule has 0 radical (unpaired) electrons. The summed E-state index contributed by atoms with van der Waals surface area (Å²) in [6.45, 7) is 1.81. The topological polar surface area (TPSA) is 46.3 Å². The van der Waals surface area contributed by atoms with E-state index < -0.39 is 0 Å². The zero-order valence-corrected chi connectivity index (χ0v) is 11.4. The molecular weight excluding hydrogens is 236 g/mol. The van der Waals surface area contributed by atoms with Crippen molar-refractivity contribution >= 4 is 5.91 Å². The quantitative estimate of drug-likeness (QED) is 0.904. The minimum absolute atomic E-state index is 0.0434. The van der Waals surface area contributed by atoms with Crippen LogP contribution in [0.2, 0.25) is 0 Å². The molecule has 0 unspecified atom stereocenters. The first-order chi connectivity index (χ1) is 9.18. The number of hydrogen-bond donors (Lipinski definition) is 1. The maximum Gasteiger partial charge on any atom is 0.254 e. The van der Waals surface area contributed by atoms with Gasteiger partial charge in [0.2, 0.25) is 0 Å². The monoisotopic (exact) mass is 258 g/mol. The van der Waals surface area contributed by atoms with Gasteiger partial charge in [0.15, 0.2) is 0 Å². The van der Waals surface area contributed by atoms with E-state index in [1.807, 2.05) is 23.1 Å². The maximum absolute atomic E-state index is 12.6. The molecule has 19 heavy (non-hydrogen) atoms. The molecule has 1 aromatic rings. The van der Waals surface area contributed by atoms with Gasteiger partial charge >= 0.3 is 0 Å². The Balaban J connectivity index is 1.80. The molecule has 1 aliphatic carbocycles. The maximum atomic E-state index is 12.6. The van der Waals surface area contributed by atoms with Crippen molar-refractivity contribution < 1.29 is 4.79 Å². The lowest BCUT2D eigenvalue weighted by Crippen LogP contribution is -2.36. The van der Waals surface area contributed by atoms with Gasteiger partial charge in [0, 0.05) is 24.2 Å². The molecule has 3 heteroatoms. The van der Waals surface area contributed by atoms with E-state index in [1.54, 1.807) is 0 Å². The predicted octanol–water partition coefficient (Wildman–Crippen LogP) is 2.35. The number of rotatable bonds is 3. The van der Waals surface area contributed by atoms with Gasteiger partial charge in [-0.3, -0.25) is 4.79 Å². The molecule has 2 N–H and O–H groups in total. The standard InChI is InChI=1S/C16H22N2O/c17-16(8-9-16)12-13-6-2-3-7-14(13)15(19)18-10-4-1-5-11-18/h2-3,6-7H,1,4-5,8-12,17H2. The van der Waals surface area contributed by atoms with E-state index in [0.717, 1.165) is 56.3 Å². The van der Waals surface area contributed by atoms with Gasteiger partial charge in [-0.05, 0) is 50.2 Å². The van der Waals surface area contributed by atoms with Crippen molar-refractivity contribution in [1.82, 2.24) is 4.90 Å². The molecule has 0 aromatic heterocycles. The molecule has 0 spiro atoms. The molecular formula is C16H22N2O. The zero-order valence-electron chi connectivity index (χ0n) is 11.4. The molecule has 3 nitrogen and oxygen atoms in total. The van der Waals surface area contributed by atoms with Crippen LogP contribution < -0.4 is 5.73 Å². The normalized spacial score (nSPS) is 21.2. The van der Waals surface area contributed by atoms with Crippen molar-refractivity contribution in [2.24, 2.45) is 5.73 Å². The Morgan fingerprint density at radius 1 is 1.16 bits per heavy atom. The highest BCUT2D eigenvalue weighted by atomic mass is 16.2. The van der Waals surface area contributed by atoms with Crippen LogP contribution in [0.15, 0.2) is 24.3 Å². The lowest BCUT2D eigenvalue weighted by Gasteiger charge is -2.27. The number of hydrogen-bond acceptors (Lipinski definition) is 2. The molecule has 0 bridgehead atoms. The van der Waals surface area contributed by atoms with E-state index in [1.165, 1.54) is 6.42 Å². The fourth-order valence-corrected chi connectivity index (χ4v) is 2.87. The van der Waals surface area contributed by atoms with Crippen LogP contribution in [0.25, 0.3) is 0 Å². The van der Waals surface area contributed by atoms with Gasteiger partial charge in [-0.2, -0.15) is 0 Å². The smallest absolute Gasteiger partial charge is 0.254 e. The molecule has 1 saturated carbocycles. The highest BCUT2D eigenvalue weighted by Gasteiger charge is 2.39. The Bertz CT molecular complexity index is 473. The highest BCUT2D eigenvalue weighted by molar-refractivity contribution is 5.95. The lowest BCUT2D eigenvalue weighted by molar-refractivity contribution is 0.0723. The van der Waals surface area contributed by atoms with Crippen molar-refractivity contribution in [2.75, 3.05) is 13.1 Å². The Kier molecular flexibility index (Phi) is 3.31. The average molecular weight is 258 g/mol. The van der Waals surface area contributed by atoms with E-state index in [9.17, 15) is 4.79 Å². The fraction of sp³-hybridized carbons (Fsp3) is 0.562. The van der Waals surface area contributed by atoms with Crippen LogP contribution >= 0.6 is 0 Å². The summed E-state index contributed by atoms with van der Waals surface area (Å²) >= 11 is 0. The first kappa shape index (κ1) is 12.7. The van der Waals surface area contributed by atoms with Crippen molar-refractivity contribution in [3.8, 4) is 0 Å². The summed E-state index contributed by atoms with van der Waals surface area (Å²) in [4.78, 5) is 14.6. The number of carbonyl (C=O) groups excluding carboxylic acids is 1. The number of likely N-dealkylation sites (tertiary alicyclic amines) is 1. The molecule has 3 rings (SSSR count). The molecule has 1 saturated heterocycles. The second-order valence-corrected chi connectivity index (χ2v) is 6.05. The molecule has 2 aliphatic rings. The SMILES string of the molecule is NC1(Cc2ccccc2C(=O)N2CCCCC2)CC1. The van der Waals surface area contributed by atoms with E-state index in [2.05, 4.69) is 6.07 Å². The second kappa shape index (κ2) is 4.97. The largest absolute Gasteiger partial charge is 0.339 e. The molecule has 1 aromatic carbocycles. The van der Waals surface area contributed by atoms with Crippen molar-refractivity contribution in [3.05, 3.63) is 35.4 Å². The number of nitrogens with two attached hydrogens (primary N) is 1. The van der Waals surface area contributed by atoms with Crippen LogP contribution in [0.4, 0.5) is 0 Å². The average Bonchev–Trinajstić information content (AvgIpc) is 3.17. The van der Waals surface area contributed by atoms with E-state index in [-0.39, 0.29) is 11.4 Å². The first-order valence-corrected chi connectivity index (χ1v) is 7.34. The summed E-state index contributed by atoms with van der Waals surface area (Å²) in [7, 11) is 0. The summed E-state index contributed by atoms with van der Waals surface area (Å²) in [5.41, 5.74) is 8.14. The summed E-state index contributed by atoms with van der Waals surface area (Å²) in [5, 5.41) is 0. The van der Waals surface area contributed by atoms with Crippen LogP contribution in [0, 0.1) is 0 Å². The third-order valence-corrected chi connectivity index (χ3v) is 4.33. The summed E-state index contributed by atoms with van der Waals surface area (Å²) in [6.07, 6.45) is 6.52. The summed E-state index contributed by atoms with van der Waals surface area (Å²) in [6, 6.07) is 7.98. The predicted molar refractivity (Wildman–Crippen MR) is 76.1 cm³/mol.